The molecular weight excluding hydrogens is 301 g/mol. The minimum atomic E-state index is -0.183. The lowest BCUT2D eigenvalue weighted by Gasteiger charge is -2.28. The van der Waals surface area contributed by atoms with Crippen LogP contribution < -0.4 is 11.1 Å². The maximum Gasteiger partial charge on any atom is 0.126 e. The van der Waals surface area contributed by atoms with Gasteiger partial charge in [0.05, 0.1) is 17.1 Å². The van der Waals surface area contributed by atoms with Crippen LogP contribution in [0.15, 0.2) is 48.6 Å². The molecule has 0 saturated heterocycles. The summed E-state index contributed by atoms with van der Waals surface area (Å²) in [5.74, 6) is -0.183. The van der Waals surface area contributed by atoms with E-state index in [0.29, 0.717) is 11.3 Å². The molecule has 2 aromatic carbocycles. The van der Waals surface area contributed by atoms with Gasteiger partial charge in [0.25, 0.3) is 0 Å². The minimum Gasteiger partial charge on any atom is -0.397 e. The predicted octanol–water partition coefficient (Wildman–Crippen LogP) is 4.13. The molecule has 0 bridgehead atoms. The first-order valence-electron chi connectivity index (χ1n) is 7.97. The van der Waals surface area contributed by atoms with Gasteiger partial charge in [0.15, 0.2) is 0 Å². The second-order valence-electron chi connectivity index (χ2n) is 6.06. The molecule has 0 spiro atoms. The quantitative estimate of drug-likeness (QED) is 0.835. The van der Waals surface area contributed by atoms with Crippen molar-refractivity contribution in [3.63, 3.8) is 0 Å². The molecule has 3 N–H and O–H groups in total. The highest BCUT2D eigenvalue weighted by molar-refractivity contribution is 5.96. The maximum atomic E-state index is 13.7. The van der Waals surface area contributed by atoms with E-state index in [1.54, 1.807) is 6.92 Å². The molecule has 0 saturated carbocycles. The van der Waals surface area contributed by atoms with Crippen molar-refractivity contribution in [2.75, 3.05) is 31.7 Å². The molecule has 0 aromatic heterocycles. The number of benzene rings is 2. The standard InChI is InChI=1S/C20H22FN3/c1-13-11-15(6-8-17(13)21)20-16(5-4-10-24(20)3)14-7-9-19(23-2)18(22)12-14/h4-9,11-12,23H,10,22H2,1-3H3. The van der Waals surface area contributed by atoms with E-state index in [4.69, 9.17) is 5.73 Å². The van der Waals surface area contributed by atoms with Gasteiger partial charge in [-0.25, -0.2) is 4.39 Å². The van der Waals surface area contributed by atoms with Crippen LogP contribution in [0.5, 0.6) is 0 Å². The van der Waals surface area contributed by atoms with Crippen molar-refractivity contribution >= 4 is 22.6 Å². The van der Waals surface area contributed by atoms with Crippen LogP contribution in [-0.2, 0) is 0 Å². The van der Waals surface area contributed by atoms with Gasteiger partial charge in [0, 0.05) is 26.2 Å². The molecule has 124 valence electrons. The zero-order valence-corrected chi connectivity index (χ0v) is 14.2. The van der Waals surface area contributed by atoms with Crippen LogP contribution in [0.1, 0.15) is 16.7 Å². The molecule has 3 rings (SSSR count). The Morgan fingerprint density at radius 1 is 1.12 bits per heavy atom. The normalized spacial score (nSPS) is 14.2. The number of halogens is 1. The highest BCUT2D eigenvalue weighted by atomic mass is 19.1. The number of hydrogen-bond acceptors (Lipinski definition) is 3. The number of nitrogens with two attached hydrogens (primary N) is 1. The predicted molar refractivity (Wildman–Crippen MR) is 100 cm³/mol. The molecule has 0 unspecified atom stereocenters. The van der Waals surface area contributed by atoms with Crippen molar-refractivity contribution in [1.29, 1.82) is 0 Å². The van der Waals surface area contributed by atoms with E-state index < -0.39 is 0 Å². The average Bonchev–Trinajstić information content (AvgIpc) is 2.57. The van der Waals surface area contributed by atoms with Crippen LogP contribution in [0.25, 0.3) is 11.3 Å². The number of allylic oxidation sites excluding steroid dienone is 2. The van der Waals surface area contributed by atoms with Crippen LogP contribution in [0.3, 0.4) is 0 Å². The fraction of sp³-hybridized carbons (Fsp3) is 0.200. The van der Waals surface area contributed by atoms with Crippen molar-refractivity contribution in [1.82, 2.24) is 4.90 Å². The zero-order valence-electron chi connectivity index (χ0n) is 14.2. The van der Waals surface area contributed by atoms with E-state index in [-0.39, 0.29) is 5.82 Å². The Morgan fingerprint density at radius 3 is 2.54 bits per heavy atom. The first kappa shape index (κ1) is 16.1. The number of rotatable bonds is 3. The molecule has 1 aliphatic rings. The molecule has 3 nitrogen and oxygen atoms in total. The third-order valence-corrected chi connectivity index (χ3v) is 4.36. The lowest BCUT2D eigenvalue weighted by molar-refractivity contribution is 0.533. The average molecular weight is 323 g/mol. The summed E-state index contributed by atoms with van der Waals surface area (Å²) in [5.41, 5.74) is 12.6. The highest BCUT2D eigenvalue weighted by Crippen LogP contribution is 2.34. The Morgan fingerprint density at radius 2 is 1.88 bits per heavy atom. The zero-order chi connectivity index (χ0) is 17.3. The molecular formula is C20H22FN3. The first-order chi connectivity index (χ1) is 11.5. The van der Waals surface area contributed by atoms with E-state index in [2.05, 4.69) is 28.4 Å². The van der Waals surface area contributed by atoms with Crippen molar-refractivity contribution in [2.24, 2.45) is 0 Å². The summed E-state index contributed by atoms with van der Waals surface area (Å²) in [6.07, 6.45) is 4.24. The fourth-order valence-electron chi connectivity index (χ4n) is 3.06. The number of nitrogen functional groups attached to an aromatic ring is 1. The van der Waals surface area contributed by atoms with Crippen LogP contribution in [0.2, 0.25) is 0 Å². The first-order valence-corrected chi connectivity index (χ1v) is 7.97. The Kier molecular flexibility index (Phi) is 4.30. The lowest BCUT2D eigenvalue weighted by atomic mass is 9.94. The fourth-order valence-corrected chi connectivity index (χ4v) is 3.06. The van der Waals surface area contributed by atoms with Gasteiger partial charge in [-0.05, 0) is 53.9 Å². The Balaban J connectivity index is 2.18. The minimum absolute atomic E-state index is 0.183. The van der Waals surface area contributed by atoms with Crippen LogP contribution >= 0.6 is 0 Å². The molecule has 0 atom stereocenters. The summed E-state index contributed by atoms with van der Waals surface area (Å²) in [7, 11) is 3.90. The summed E-state index contributed by atoms with van der Waals surface area (Å²) < 4.78 is 13.7. The van der Waals surface area contributed by atoms with E-state index in [0.717, 1.165) is 34.6 Å². The third kappa shape index (κ3) is 2.87. The summed E-state index contributed by atoms with van der Waals surface area (Å²) >= 11 is 0. The summed E-state index contributed by atoms with van der Waals surface area (Å²) in [6.45, 7) is 2.61. The Labute approximate surface area is 142 Å². The second-order valence-corrected chi connectivity index (χ2v) is 6.06. The summed E-state index contributed by atoms with van der Waals surface area (Å²) in [5, 5.41) is 3.08. The van der Waals surface area contributed by atoms with Crippen molar-refractivity contribution < 1.29 is 4.39 Å². The molecule has 4 heteroatoms. The SMILES string of the molecule is CNc1ccc(C2=C(c3ccc(F)c(C)c3)N(C)CC=C2)cc1N. The van der Waals surface area contributed by atoms with Gasteiger partial charge in [-0.3, -0.25) is 0 Å². The van der Waals surface area contributed by atoms with Gasteiger partial charge in [-0.2, -0.15) is 0 Å². The van der Waals surface area contributed by atoms with Crippen molar-refractivity contribution in [2.45, 2.75) is 6.92 Å². The third-order valence-electron chi connectivity index (χ3n) is 4.36. The lowest BCUT2D eigenvalue weighted by Crippen LogP contribution is -2.21. The number of nitrogens with one attached hydrogen (secondary N) is 1. The van der Waals surface area contributed by atoms with E-state index in [9.17, 15) is 4.39 Å². The van der Waals surface area contributed by atoms with Gasteiger partial charge < -0.3 is 16.0 Å². The number of likely N-dealkylation sites (N-methyl/N-ethyl adjacent to an activating group) is 1. The Bertz CT molecular complexity index is 837. The molecule has 24 heavy (non-hydrogen) atoms. The Hall–Kier alpha value is -2.75. The van der Waals surface area contributed by atoms with E-state index >= 15 is 0 Å². The number of aryl methyl sites for hydroxylation is 1. The van der Waals surface area contributed by atoms with Gasteiger partial charge in [-0.15, -0.1) is 0 Å². The van der Waals surface area contributed by atoms with Crippen LogP contribution in [-0.4, -0.2) is 25.5 Å². The molecule has 1 heterocycles. The van der Waals surface area contributed by atoms with Gasteiger partial charge in [-0.1, -0.05) is 18.2 Å². The van der Waals surface area contributed by atoms with Crippen molar-refractivity contribution in [3.05, 3.63) is 71.1 Å². The number of hydrogen-bond donors (Lipinski definition) is 2. The monoisotopic (exact) mass is 323 g/mol. The molecule has 2 aromatic rings. The van der Waals surface area contributed by atoms with E-state index in [1.807, 2.05) is 38.4 Å². The second kappa shape index (κ2) is 6.40. The molecule has 0 radical (unpaired) electrons. The van der Waals surface area contributed by atoms with E-state index in [1.165, 1.54) is 6.07 Å². The molecule has 0 fully saturated rings. The number of anilines is 2. The van der Waals surface area contributed by atoms with Gasteiger partial charge in [0.2, 0.25) is 0 Å². The maximum absolute atomic E-state index is 13.7. The summed E-state index contributed by atoms with van der Waals surface area (Å²) in [4.78, 5) is 2.17. The summed E-state index contributed by atoms with van der Waals surface area (Å²) in [6, 6.07) is 11.3. The van der Waals surface area contributed by atoms with Gasteiger partial charge >= 0.3 is 0 Å². The smallest absolute Gasteiger partial charge is 0.126 e. The number of nitrogens with zero attached hydrogens (tertiary/aromatic N) is 1. The van der Waals surface area contributed by atoms with Crippen LogP contribution in [0.4, 0.5) is 15.8 Å². The van der Waals surface area contributed by atoms with Crippen LogP contribution in [0, 0.1) is 12.7 Å². The molecule has 1 aliphatic heterocycles. The highest BCUT2D eigenvalue weighted by Gasteiger charge is 2.18. The van der Waals surface area contributed by atoms with Crippen molar-refractivity contribution in [3.8, 4) is 0 Å². The molecule has 0 amide bonds. The molecule has 0 aliphatic carbocycles. The largest absolute Gasteiger partial charge is 0.397 e. The van der Waals surface area contributed by atoms with Gasteiger partial charge in [0.1, 0.15) is 5.82 Å². The topological polar surface area (TPSA) is 41.3 Å².